The molecule has 1 aliphatic rings. The Labute approximate surface area is 114 Å². The first-order chi connectivity index (χ1) is 9.04. The maximum Gasteiger partial charge on any atom is 0.229 e. The summed E-state index contributed by atoms with van der Waals surface area (Å²) in [6.07, 6.45) is 8.98. The van der Waals surface area contributed by atoms with Crippen LogP contribution in [0.4, 0.5) is 5.69 Å². The van der Waals surface area contributed by atoms with Crippen molar-refractivity contribution in [3.05, 3.63) is 29.8 Å². The number of hydrogen-bond donors (Lipinski definition) is 1. The van der Waals surface area contributed by atoms with Crippen LogP contribution in [0.3, 0.4) is 0 Å². The molecule has 0 aromatic heterocycles. The average molecular weight is 257 g/mol. The van der Waals surface area contributed by atoms with Crippen LogP contribution in [0.2, 0.25) is 0 Å². The Kier molecular flexibility index (Phi) is 3.92. The Morgan fingerprint density at radius 2 is 2.16 bits per heavy atom. The number of rotatable bonds is 3. The van der Waals surface area contributed by atoms with Crippen molar-refractivity contribution in [1.29, 1.82) is 0 Å². The molecule has 1 fully saturated rings. The van der Waals surface area contributed by atoms with Crippen molar-refractivity contribution in [3.8, 4) is 12.3 Å². The zero-order valence-electron chi connectivity index (χ0n) is 11.2. The van der Waals surface area contributed by atoms with Crippen LogP contribution in [-0.2, 0) is 4.79 Å². The molecule has 0 saturated heterocycles. The van der Waals surface area contributed by atoms with Crippen LogP contribution in [0.1, 0.15) is 37.7 Å². The van der Waals surface area contributed by atoms with E-state index in [-0.39, 0.29) is 12.3 Å². The molecule has 100 valence electrons. The predicted molar refractivity (Wildman–Crippen MR) is 75.8 cm³/mol. The lowest BCUT2D eigenvalue weighted by molar-refractivity contribution is -0.123. The van der Waals surface area contributed by atoms with E-state index in [0.29, 0.717) is 0 Å². The summed E-state index contributed by atoms with van der Waals surface area (Å²) < 4.78 is 0. The van der Waals surface area contributed by atoms with E-state index in [1.807, 2.05) is 18.2 Å². The first kappa shape index (κ1) is 13.6. The molecule has 0 spiro atoms. The number of carbonyl (C=O) groups excluding carboxylic acids is 1. The summed E-state index contributed by atoms with van der Waals surface area (Å²) in [5.41, 5.74) is 0.702. The minimum absolute atomic E-state index is 0.0708. The number of hydrogen-bond acceptors (Lipinski definition) is 2. The van der Waals surface area contributed by atoms with Gasteiger partial charge in [0.1, 0.15) is 0 Å². The van der Waals surface area contributed by atoms with Crippen LogP contribution in [-0.4, -0.2) is 23.7 Å². The fourth-order valence-electron chi connectivity index (χ4n) is 2.56. The van der Waals surface area contributed by atoms with E-state index in [1.165, 1.54) is 0 Å². The standard InChI is InChI=1S/C16H19NO2/c1-3-13-7-6-8-14(11-13)17(2)15(18)12-16(19)9-4-5-10-16/h1,6-8,11,19H,4-5,9-10,12H2,2H3. The predicted octanol–water partition coefficient (Wildman–Crippen LogP) is 2.33. The third-order valence-corrected chi connectivity index (χ3v) is 3.79. The number of terminal acetylenes is 1. The summed E-state index contributed by atoms with van der Waals surface area (Å²) in [6.45, 7) is 0. The number of nitrogens with zero attached hydrogens (tertiary/aromatic N) is 1. The number of benzene rings is 1. The molecule has 0 unspecified atom stereocenters. The van der Waals surface area contributed by atoms with Gasteiger partial charge in [-0.3, -0.25) is 4.79 Å². The van der Waals surface area contributed by atoms with Crippen molar-refractivity contribution in [3.63, 3.8) is 0 Å². The summed E-state index contributed by atoms with van der Waals surface area (Å²) in [7, 11) is 1.72. The van der Waals surface area contributed by atoms with Crippen molar-refractivity contribution in [1.82, 2.24) is 0 Å². The first-order valence-electron chi connectivity index (χ1n) is 6.60. The van der Waals surface area contributed by atoms with Gasteiger partial charge in [-0.2, -0.15) is 0 Å². The molecule has 1 amide bonds. The summed E-state index contributed by atoms with van der Waals surface area (Å²) in [6, 6.07) is 7.30. The van der Waals surface area contributed by atoms with Gasteiger partial charge in [0.15, 0.2) is 0 Å². The van der Waals surface area contributed by atoms with E-state index < -0.39 is 5.60 Å². The molecule has 0 bridgehead atoms. The van der Waals surface area contributed by atoms with Gasteiger partial charge in [0, 0.05) is 18.3 Å². The molecule has 1 saturated carbocycles. The van der Waals surface area contributed by atoms with Gasteiger partial charge in [0.05, 0.1) is 12.0 Å². The Bertz CT molecular complexity index is 510. The van der Waals surface area contributed by atoms with E-state index in [1.54, 1.807) is 18.0 Å². The second-order valence-electron chi connectivity index (χ2n) is 5.26. The van der Waals surface area contributed by atoms with Crippen molar-refractivity contribution in [2.24, 2.45) is 0 Å². The number of amides is 1. The molecule has 3 nitrogen and oxygen atoms in total. The van der Waals surface area contributed by atoms with Crippen LogP contribution in [0.15, 0.2) is 24.3 Å². The average Bonchev–Trinajstić information content (AvgIpc) is 2.84. The molecule has 0 heterocycles. The molecule has 1 aliphatic carbocycles. The van der Waals surface area contributed by atoms with Crippen LogP contribution in [0, 0.1) is 12.3 Å². The Hall–Kier alpha value is -1.79. The van der Waals surface area contributed by atoms with Crippen LogP contribution < -0.4 is 4.90 Å². The maximum absolute atomic E-state index is 12.2. The highest BCUT2D eigenvalue weighted by molar-refractivity contribution is 5.93. The largest absolute Gasteiger partial charge is 0.389 e. The van der Waals surface area contributed by atoms with Gasteiger partial charge >= 0.3 is 0 Å². The SMILES string of the molecule is C#Cc1cccc(N(C)C(=O)CC2(O)CCCC2)c1. The van der Waals surface area contributed by atoms with Crippen molar-refractivity contribution < 1.29 is 9.90 Å². The molecule has 1 aromatic rings. The molecule has 3 heteroatoms. The Balaban J connectivity index is 2.08. The number of carbonyl (C=O) groups is 1. The minimum Gasteiger partial charge on any atom is -0.389 e. The summed E-state index contributed by atoms with van der Waals surface area (Å²) in [4.78, 5) is 13.8. The molecule has 0 aliphatic heterocycles. The lowest BCUT2D eigenvalue weighted by Gasteiger charge is -2.25. The van der Waals surface area contributed by atoms with Gasteiger partial charge in [0.2, 0.25) is 5.91 Å². The summed E-state index contributed by atoms with van der Waals surface area (Å²) >= 11 is 0. The number of anilines is 1. The number of aliphatic hydroxyl groups is 1. The fourth-order valence-corrected chi connectivity index (χ4v) is 2.56. The topological polar surface area (TPSA) is 40.5 Å². The molecule has 1 N–H and O–H groups in total. The molecule has 0 atom stereocenters. The lowest BCUT2D eigenvalue weighted by Crippen LogP contribution is -2.35. The Morgan fingerprint density at radius 3 is 2.79 bits per heavy atom. The van der Waals surface area contributed by atoms with Crippen LogP contribution >= 0.6 is 0 Å². The fraction of sp³-hybridized carbons (Fsp3) is 0.438. The highest BCUT2D eigenvalue weighted by Gasteiger charge is 2.34. The van der Waals surface area contributed by atoms with Crippen molar-refractivity contribution >= 4 is 11.6 Å². The van der Waals surface area contributed by atoms with Crippen LogP contribution in [0.5, 0.6) is 0 Å². The third-order valence-electron chi connectivity index (χ3n) is 3.79. The van der Waals surface area contributed by atoms with Crippen molar-refractivity contribution in [2.45, 2.75) is 37.7 Å². The lowest BCUT2D eigenvalue weighted by atomic mass is 9.97. The van der Waals surface area contributed by atoms with Gasteiger partial charge in [-0.05, 0) is 31.0 Å². The molecular weight excluding hydrogens is 238 g/mol. The van der Waals surface area contributed by atoms with E-state index in [9.17, 15) is 9.90 Å². The van der Waals surface area contributed by atoms with E-state index in [4.69, 9.17) is 6.42 Å². The molecule has 0 radical (unpaired) electrons. The molecular formula is C16H19NO2. The normalized spacial score (nSPS) is 16.9. The maximum atomic E-state index is 12.2. The highest BCUT2D eigenvalue weighted by Crippen LogP contribution is 2.33. The zero-order chi connectivity index (χ0) is 13.9. The van der Waals surface area contributed by atoms with Gasteiger partial charge in [0.25, 0.3) is 0 Å². The molecule has 19 heavy (non-hydrogen) atoms. The molecule has 1 aromatic carbocycles. The van der Waals surface area contributed by atoms with Gasteiger partial charge in [-0.15, -0.1) is 6.42 Å². The van der Waals surface area contributed by atoms with Gasteiger partial charge in [-0.25, -0.2) is 0 Å². The summed E-state index contributed by atoms with van der Waals surface area (Å²) in [5.74, 6) is 2.48. The quantitative estimate of drug-likeness (QED) is 0.844. The highest BCUT2D eigenvalue weighted by atomic mass is 16.3. The minimum atomic E-state index is -0.810. The first-order valence-corrected chi connectivity index (χ1v) is 6.60. The van der Waals surface area contributed by atoms with E-state index in [2.05, 4.69) is 5.92 Å². The zero-order valence-corrected chi connectivity index (χ0v) is 11.2. The second-order valence-corrected chi connectivity index (χ2v) is 5.26. The van der Waals surface area contributed by atoms with E-state index >= 15 is 0 Å². The van der Waals surface area contributed by atoms with Gasteiger partial charge in [-0.1, -0.05) is 24.8 Å². The third kappa shape index (κ3) is 3.15. The second kappa shape index (κ2) is 5.46. The monoisotopic (exact) mass is 257 g/mol. The van der Waals surface area contributed by atoms with Crippen molar-refractivity contribution in [2.75, 3.05) is 11.9 Å². The summed E-state index contributed by atoms with van der Waals surface area (Å²) in [5, 5.41) is 10.3. The smallest absolute Gasteiger partial charge is 0.229 e. The molecule has 2 rings (SSSR count). The Morgan fingerprint density at radius 1 is 1.47 bits per heavy atom. The van der Waals surface area contributed by atoms with Crippen LogP contribution in [0.25, 0.3) is 0 Å². The van der Waals surface area contributed by atoms with Gasteiger partial charge < -0.3 is 10.0 Å². The van der Waals surface area contributed by atoms with E-state index in [0.717, 1.165) is 36.9 Å².